The Bertz CT molecular complexity index is 750. The molecule has 0 radical (unpaired) electrons. The van der Waals surface area contributed by atoms with E-state index in [1.54, 1.807) is 6.07 Å². The minimum atomic E-state index is 0.0292. The molecule has 20 heavy (non-hydrogen) atoms. The van der Waals surface area contributed by atoms with Gasteiger partial charge in [-0.2, -0.15) is 0 Å². The first-order valence-electron chi connectivity index (χ1n) is 6.16. The lowest BCUT2D eigenvalue weighted by Crippen LogP contribution is -2.14. The van der Waals surface area contributed by atoms with Crippen LogP contribution >= 0.6 is 11.6 Å². The van der Waals surface area contributed by atoms with Crippen LogP contribution in [-0.2, 0) is 6.42 Å². The van der Waals surface area contributed by atoms with Gasteiger partial charge >= 0.3 is 0 Å². The van der Waals surface area contributed by atoms with Gasteiger partial charge in [0.25, 0.3) is 0 Å². The Hall–Kier alpha value is -2.26. The van der Waals surface area contributed by atoms with E-state index in [-0.39, 0.29) is 11.1 Å². The Morgan fingerprint density at radius 3 is 2.65 bits per heavy atom. The summed E-state index contributed by atoms with van der Waals surface area (Å²) in [5, 5.41) is 0.0738. The largest absolute Gasteiger partial charge is 0.289 e. The van der Waals surface area contributed by atoms with Crippen molar-refractivity contribution in [3.05, 3.63) is 64.7 Å². The van der Waals surface area contributed by atoms with E-state index in [2.05, 4.69) is 16.7 Å². The molecule has 3 nitrogen and oxygen atoms in total. The van der Waals surface area contributed by atoms with Crippen LogP contribution in [0.4, 0.5) is 5.69 Å². The molecule has 0 bridgehead atoms. The predicted molar refractivity (Wildman–Crippen MR) is 81.6 cm³/mol. The number of halogens is 1. The fourth-order valence-electron chi connectivity index (χ4n) is 2.44. The van der Waals surface area contributed by atoms with Gasteiger partial charge < -0.3 is 0 Å². The summed E-state index contributed by atoms with van der Waals surface area (Å²) in [6.07, 6.45) is 0.665. The van der Waals surface area contributed by atoms with Crippen molar-refractivity contribution in [2.24, 2.45) is 9.98 Å². The van der Waals surface area contributed by atoms with E-state index in [0.717, 1.165) is 16.7 Å². The minimum Gasteiger partial charge on any atom is -0.289 e. The molecule has 0 unspecified atom stereocenters. The van der Waals surface area contributed by atoms with Crippen LogP contribution < -0.4 is 0 Å². The second kappa shape index (κ2) is 5.02. The highest BCUT2D eigenvalue weighted by molar-refractivity contribution is 6.65. The third kappa shape index (κ3) is 2.06. The Balaban J connectivity index is 2.18. The van der Waals surface area contributed by atoms with Crippen LogP contribution in [0.2, 0.25) is 0 Å². The zero-order chi connectivity index (χ0) is 14.1. The molecule has 0 fully saturated rings. The second-order valence-corrected chi connectivity index (χ2v) is 4.84. The summed E-state index contributed by atoms with van der Waals surface area (Å²) in [6, 6.07) is 13.1. The molecule has 3 rings (SSSR count). The molecule has 0 atom stereocenters. The molecule has 0 N–H and O–H groups in total. The normalized spacial score (nSPS) is 13.7. The molecular weight excluding hydrogens is 272 g/mol. The maximum Gasteiger partial charge on any atom is 0.222 e. The first-order chi connectivity index (χ1) is 9.70. The monoisotopic (exact) mass is 282 g/mol. The standard InChI is InChI=1S/C16H11ClN2O/c1-18-16(17)19-14-8-4-7-12-13(14)9-10-5-2-3-6-11(10)15(12)20/h2-8H,1,9H2. The van der Waals surface area contributed by atoms with E-state index < -0.39 is 0 Å². The van der Waals surface area contributed by atoms with Gasteiger partial charge in [-0.05, 0) is 35.5 Å². The predicted octanol–water partition coefficient (Wildman–Crippen LogP) is 3.75. The van der Waals surface area contributed by atoms with Crippen molar-refractivity contribution in [3.8, 4) is 0 Å². The number of amidine groups is 1. The van der Waals surface area contributed by atoms with E-state index in [4.69, 9.17) is 11.6 Å². The Kier molecular flexibility index (Phi) is 3.20. The number of benzene rings is 2. The zero-order valence-corrected chi connectivity index (χ0v) is 11.4. The van der Waals surface area contributed by atoms with E-state index in [1.807, 2.05) is 36.4 Å². The number of rotatable bonds is 1. The van der Waals surface area contributed by atoms with Crippen molar-refractivity contribution in [3.63, 3.8) is 0 Å². The van der Waals surface area contributed by atoms with E-state index in [0.29, 0.717) is 17.7 Å². The number of carbonyl (C=O) groups excluding carboxylic acids is 1. The van der Waals surface area contributed by atoms with Crippen LogP contribution in [0.15, 0.2) is 52.4 Å². The third-order valence-electron chi connectivity index (χ3n) is 3.37. The molecule has 1 aliphatic carbocycles. The van der Waals surface area contributed by atoms with Crippen molar-refractivity contribution in [2.45, 2.75) is 6.42 Å². The number of aliphatic imine (C=N–C) groups is 2. The van der Waals surface area contributed by atoms with Gasteiger partial charge in [0, 0.05) is 17.5 Å². The summed E-state index contributed by atoms with van der Waals surface area (Å²) in [4.78, 5) is 20.3. The Morgan fingerprint density at radius 1 is 1.10 bits per heavy atom. The van der Waals surface area contributed by atoms with Crippen LogP contribution in [0.3, 0.4) is 0 Å². The number of nitrogens with zero attached hydrogens (tertiary/aromatic N) is 2. The van der Waals surface area contributed by atoms with Crippen LogP contribution in [0.1, 0.15) is 27.0 Å². The molecule has 0 aromatic heterocycles. The van der Waals surface area contributed by atoms with E-state index >= 15 is 0 Å². The average molecular weight is 283 g/mol. The van der Waals surface area contributed by atoms with Crippen molar-refractivity contribution >= 4 is 35.1 Å². The van der Waals surface area contributed by atoms with Crippen molar-refractivity contribution < 1.29 is 4.79 Å². The van der Waals surface area contributed by atoms with Gasteiger partial charge in [0.05, 0.1) is 5.69 Å². The molecule has 0 saturated heterocycles. The van der Waals surface area contributed by atoms with Gasteiger partial charge in [-0.3, -0.25) is 4.79 Å². The number of fused-ring (bicyclic) bond motifs is 2. The molecule has 2 aromatic carbocycles. The molecular formula is C16H11ClN2O. The molecule has 0 spiro atoms. The molecule has 0 aliphatic heterocycles. The van der Waals surface area contributed by atoms with Crippen LogP contribution in [0.25, 0.3) is 0 Å². The summed E-state index contributed by atoms with van der Waals surface area (Å²) in [7, 11) is 0. The maximum absolute atomic E-state index is 12.5. The zero-order valence-electron chi connectivity index (χ0n) is 10.6. The SMILES string of the molecule is C=NC(Cl)=Nc1cccc2c1Cc1ccccc1C2=O. The lowest BCUT2D eigenvalue weighted by atomic mass is 9.84. The van der Waals surface area contributed by atoms with Crippen LogP contribution in [0, 0.1) is 0 Å². The highest BCUT2D eigenvalue weighted by atomic mass is 35.5. The number of hydrogen-bond donors (Lipinski definition) is 0. The smallest absolute Gasteiger partial charge is 0.222 e. The minimum absolute atomic E-state index is 0.0292. The Morgan fingerprint density at radius 2 is 1.85 bits per heavy atom. The first-order valence-corrected chi connectivity index (χ1v) is 6.54. The number of carbonyl (C=O) groups is 1. The second-order valence-electron chi connectivity index (χ2n) is 4.51. The summed E-state index contributed by atoms with van der Waals surface area (Å²) in [5.41, 5.74) is 4.00. The number of ketones is 1. The quantitative estimate of drug-likeness (QED) is 0.381. The van der Waals surface area contributed by atoms with Gasteiger partial charge in [0.15, 0.2) is 5.78 Å². The van der Waals surface area contributed by atoms with Gasteiger partial charge in [-0.25, -0.2) is 9.98 Å². The molecule has 4 heteroatoms. The van der Waals surface area contributed by atoms with Crippen LogP contribution in [0.5, 0.6) is 0 Å². The number of hydrogen-bond acceptors (Lipinski definition) is 2. The maximum atomic E-state index is 12.5. The highest BCUT2D eigenvalue weighted by Crippen LogP contribution is 2.33. The topological polar surface area (TPSA) is 41.8 Å². The van der Waals surface area contributed by atoms with Gasteiger partial charge in [-0.1, -0.05) is 36.4 Å². The van der Waals surface area contributed by atoms with Crippen molar-refractivity contribution in [1.29, 1.82) is 0 Å². The third-order valence-corrected chi connectivity index (χ3v) is 3.57. The van der Waals surface area contributed by atoms with Crippen molar-refractivity contribution in [2.75, 3.05) is 0 Å². The summed E-state index contributed by atoms with van der Waals surface area (Å²) < 4.78 is 0. The van der Waals surface area contributed by atoms with Gasteiger partial charge in [-0.15, -0.1) is 0 Å². The van der Waals surface area contributed by atoms with Crippen LogP contribution in [-0.4, -0.2) is 17.8 Å². The average Bonchev–Trinajstić information content (AvgIpc) is 2.48. The molecule has 2 aromatic rings. The molecule has 0 heterocycles. The fraction of sp³-hybridized carbons (Fsp3) is 0.0625. The van der Waals surface area contributed by atoms with Gasteiger partial charge in [0.1, 0.15) is 0 Å². The lowest BCUT2D eigenvalue weighted by Gasteiger charge is -2.19. The summed E-state index contributed by atoms with van der Waals surface area (Å²) in [5.74, 6) is 0.0292. The summed E-state index contributed by atoms with van der Waals surface area (Å²) in [6.45, 7) is 3.34. The highest BCUT2D eigenvalue weighted by Gasteiger charge is 2.24. The molecule has 1 aliphatic rings. The van der Waals surface area contributed by atoms with E-state index in [1.165, 1.54) is 0 Å². The van der Waals surface area contributed by atoms with E-state index in [9.17, 15) is 4.79 Å². The van der Waals surface area contributed by atoms with Crippen molar-refractivity contribution in [1.82, 2.24) is 0 Å². The molecule has 0 amide bonds. The fourth-order valence-corrected chi connectivity index (χ4v) is 2.54. The lowest BCUT2D eigenvalue weighted by molar-refractivity contribution is 0.103. The first kappa shape index (κ1) is 12.8. The molecule has 98 valence electrons. The summed E-state index contributed by atoms with van der Waals surface area (Å²) >= 11 is 5.81. The Labute approximate surface area is 121 Å². The molecule has 0 saturated carbocycles. The van der Waals surface area contributed by atoms with Gasteiger partial charge in [0.2, 0.25) is 5.29 Å².